The molecule has 1 atom stereocenters. The van der Waals surface area contributed by atoms with Gasteiger partial charge in [-0.3, -0.25) is 0 Å². The van der Waals surface area contributed by atoms with E-state index in [0.717, 1.165) is 23.5 Å². The van der Waals surface area contributed by atoms with E-state index >= 15 is 0 Å². The van der Waals surface area contributed by atoms with Crippen molar-refractivity contribution in [3.63, 3.8) is 0 Å². The Bertz CT molecular complexity index is 402. The van der Waals surface area contributed by atoms with E-state index in [0.29, 0.717) is 16.9 Å². The van der Waals surface area contributed by atoms with Gasteiger partial charge in [0, 0.05) is 17.3 Å². The van der Waals surface area contributed by atoms with Crippen LogP contribution in [0.4, 0.5) is 5.82 Å². The number of hydrogen-bond acceptors (Lipinski definition) is 3. The molecule has 0 spiro atoms. The van der Waals surface area contributed by atoms with Crippen molar-refractivity contribution in [3.8, 4) is 0 Å². The smallest absolute Gasteiger partial charge is 0.127 e. The number of aromatic nitrogens is 1. The van der Waals surface area contributed by atoms with Gasteiger partial charge in [-0.2, -0.15) is 0 Å². The summed E-state index contributed by atoms with van der Waals surface area (Å²) in [5, 5.41) is 3.38. The molecule has 0 saturated carbocycles. The van der Waals surface area contributed by atoms with Crippen molar-refractivity contribution in [3.05, 3.63) is 23.4 Å². The molecule has 0 radical (unpaired) electrons. The van der Waals surface area contributed by atoms with Crippen LogP contribution in [0.3, 0.4) is 0 Å². The second-order valence-electron chi connectivity index (χ2n) is 4.92. The minimum Gasteiger partial charge on any atom is -0.389 e. The summed E-state index contributed by atoms with van der Waals surface area (Å²) in [6.45, 7) is 8.52. The standard InChI is InChI=1S/C13H21N3S/c1-8(2)5-9(3)15-12-7-11(13(14)17)6-10(4)16-12/h6-9H,5H2,1-4H3,(H2,14,17)(H,15,16). The molecule has 1 heterocycles. The molecule has 1 aromatic rings. The molecule has 0 fully saturated rings. The minimum atomic E-state index is 0.392. The lowest BCUT2D eigenvalue weighted by molar-refractivity contribution is 0.539. The fraction of sp³-hybridized carbons (Fsp3) is 0.538. The van der Waals surface area contributed by atoms with Crippen LogP contribution in [-0.4, -0.2) is 16.0 Å². The lowest BCUT2D eigenvalue weighted by atomic mass is 10.1. The SMILES string of the molecule is Cc1cc(C(N)=S)cc(NC(C)CC(C)C)n1. The zero-order chi connectivity index (χ0) is 13.0. The Morgan fingerprint density at radius 3 is 2.59 bits per heavy atom. The Balaban J connectivity index is 2.80. The molecule has 1 rings (SSSR count). The van der Waals surface area contributed by atoms with Gasteiger partial charge in [-0.1, -0.05) is 26.1 Å². The quantitative estimate of drug-likeness (QED) is 0.790. The van der Waals surface area contributed by atoms with Crippen LogP contribution in [0.1, 0.15) is 38.4 Å². The van der Waals surface area contributed by atoms with Crippen LogP contribution in [0.15, 0.2) is 12.1 Å². The predicted molar refractivity (Wildman–Crippen MR) is 77.4 cm³/mol. The zero-order valence-electron chi connectivity index (χ0n) is 10.9. The summed E-state index contributed by atoms with van der Waals surface area (Å²) in [6.07, 6.45) is 1.11. The first-order valence-corrected chi connectivity index (χ1v) is 6.34. The number of hydrogen-bond donors (Lipinski definition) is 2. The predicted octanol–water partition coefficient (Wildman–Crippen LogP) is 2.87. The van der Waals surface area contributed by atoms with Crippen LogP contribution < -0.4 is 11.1 Å². The minimum absolute atomic E-state index is 0.392. The van der Waals surface area contributed by atoms with Crippen molar-refractivity contribution in [2.75, 3.05) is 5.32 Å². The van der Waals surface area contributed by atoms with Crippen LogP contribution in [0.25, 0.3) is 0 Å². The molecular weight excluding hydrogens is 230 g/mol. The highest BCUT2D eigenvalue weighted by atomic mass is 32.1. The molecule has 4 heteroatoms. The van der Waals surface area contributed by atoms with E-state index in [9.17, 15) is 0 Å². The number of aryl methyl sites for hydroxylation is 1. The maximum Gasteiger partial charge on any atom is 0.127 e. The van der Waals surface area contributed by atoms with Crippen molar-refractivity contribution < 1.29 is 0 Å². The number of nitrogens with one attached hydrogen (secondary N) is 1. The van der Waals surface area contributed by atoms with E-state index in [1.165, 1.54) is 0 Å². The third-order valence-corrected chi connectivity index (χ3v) is 2.69. The molecule has 0 aliphatic rings. The van der Waals surface area contributed by atoms with Gasteiger partial charge in [0.1, 0.15) is 10.8 Å². The van der Waals surface area contributed by atoms with E-state index in [4.69, 9.17) is 18.0 Å². The van der Waals surface area contributed by atoms with Crippen molar-refractivity contribution in [1.82, 2.24) is 4.98 Å². The maximum absolute atomic E-state index is 5.64. The molecule has 1 unspecified atom stereocenters. The van der Waals surface area contributed by atoms with Crippen molar-refractivity contribution >= 4 is 23.0 Å². The summed E-state index contributed by atoms with van der Waals surface area (Å²) in [7, 11) is 0. The van der Waals surface area contributed by atoms with Gasteiger partial charge in [-0.25, -0.2) is 4.98 Å². The van der Waals surface area contributed by atoms with Crippen molar-refractivity contribution in [1.29, 1.82) is 0 Å². The molecule has 94 valence electrons. The monoisotopic (exact) mass is 251 g/mol. The van der Waals surface area contributed by atoms with Gasteiger partial charge < -0.3 is 11.1 Å². The summed E-state index contributed by atoms with van der Waals surface area (Å²) in [4.78, 5) is 4.85. The van der Waals surface area contributed by atoms with Gasteiger partial charge in [-0.15, -0.1) is 0 Å². The van der Waals surface area contributed by atoms with E-state index < -0.39 is 0 Å². The van der Waals surface area contributed by atoms with Gasteiger partial charge in [0.05, 0.1) is 0 Å². The molecule has 3 nitrogen and oxygen atoms in total. The van der Waals surface area contributed by atoms with Crippen LogP contribution in [0, 0.1) is 12.8 Å². The van der Waals surface area contributed by atoms with Crippen molar-refractivity contribution in [2.24, 2.45) is 11.7 Å². The summed E-state index contributed by atoms with van der Waals surface area (Å²) < 4.78 is 0. The third kappa shape index (κ3) is 4.69. The van der Waals surface area contributed by atoms with Crippen molar-refractivity contribution in [2.45, 2.75) is 40.2 Å². The highest BCUT2D eigenvalue weighted by molar-refractivity contribution is 7.80. The van der Waals surface area contributed by atoms with Gasteiger partial charge in [0.25, 0.3) is 0 Å². The normalized spacial score (nSPS) is 12.5. The molecule has 17 heavy (non-hydrogen) atoms. The number of nitrogens with two attached hydrogens (primary N) is 1. The lowest BCUT2D eigenvalue weighted by Crippen LogP contribution is -2.19. The average molecular weight is 251 g/mol. The first-order valence-electron chi connectivity index (χ1n) is 5.93. The maximum atomic E-state index is 5.64. The summed E-state index contributed by atoms with van der Waals surface area (Å²) in [6, 6.07) is 4.20. The highest BCUT2D eigenvalue weighted by Crippen LogP contribution is 2.14. The largest absolute Gasteiger partial charge is 0.389 e. The molecule has 0 aliphatic carbocycles. The van der Waals surface area contributed by atoms with E-state index in [2.05, 4.69) is 31.1 Å². The summed E-state index contributed by atoms with van der Waals surface area (Å²) in [5.41, 5.74) is 7.43. The highest BCUT2D eigenvalue weighted by Gasteiger charge is 2.07. The van der Waals surface area contributed by atoms with Crippen LogP contribution >= 0.6 is 12.2 Å². The number of thiocarbonyl (C=S) groups is 1. The van der Waals surface area contributed by atoms with E-state index in [-0.39, 0.29) is 0 Å². The molecule has 1 aromatic heterocycles. The molecular formula is C13H21N3S. The molecule has 0 aliphatic heterocycles. The van der Waals surface area contributed by atoms with Crippen LogP contribution in [0.5, 0.6) is 0 Å². The average Bonchev–Trinajstić information content (AvgIpc) is 2.14. The third-order valence-electron chi connectivity index (χ3n) is 2.46. The second-order valence-corrected chi connectivity index (χ2v) is 5.36. The number of nitrogens with zero attached hydrogens (tertiary/aromatic N) is 1. The number of pyridine rings is 1. The molecule has 0 aromatic carbocycles. The van der Waals surface area contributed by atoms with Crippen LogP contribution in [0.2, 0.25) is 0 Å². The lowest BCUT2D eigenvalue weighted by Gasteiger charge is -2.17. The van der Waals surface area contributed by atoms with Gasteiger partial charge in [0.15, 0.2) is 0 Å². The van der Waals surface area contributed by atoms with Gasteiger partial charge >= 0.3 is 0 Å². The Labute approximate surface area is 109 Å². The van der Waals surface area contributed by atoms with E-state index in [1.54, 1.807) is 0 Å². The fourth-order valence-electron chi connectivity index (χ4n) is 1.90. The molecule has 0 bridgehead atoms. The summed E-state index contributed by atoms with van der Waals surface area (Å²) in [5.74, 6) is 1.51. The van der Waals surface area contributed by atoms with Gasteiger partial charge in [0.2, 0.25) is 0 Å². The number of anilines is 1. The zero-order valence-corrected chi connectivity index (χ0v) is 11.8. The van der Waals surface area contributed by atoms with Crippen LogP contribution in [-0.2, 0) is 0 Å². The number of rotatable bonds is 5. The Kier molecular flexibility index (Phi) is 4.87. The molecule has 0 amide bonds. The Hall–Kier alpha value is -1.16. The van der Waals surface area contributed by atoms with Gasteiger partial charge in [-0.05, 0) is 38.3 Å². The Morgan fingerprint density at radius 2 is 2.06 bits per heavy atom. The topological polar surface area (TPSA) is 50.9 Å². The Morgan fingerprint density at radius 1 is 1.41 bits per heavy atom. The first-order chi connectivity index (χ1) is 7.88. The molecule has 3 N–H and O–H groups in total. The molecule has 0 saturated heterocycles. The fourth-order valence-corrected chi connectivity index (χ4v) is 2.02. The van der Waals surface area contributed by atoms with E-state index in [1.807, 2.05) is 19.1 Å². The second kappa shape index (κ2) is 5.96. The first kappa shape index (κ1) is 13.9. The summed E-state index contributed by atoms with van der Waals surface area (Å²) >= 11 is 4.99.